The minimum Gasteiger partial charge on any atom is -0.233 e. The van der Waals surface area contributed by atoms with Gasteiger partial charge in [-0.15, -0.1) is 0 Å². The van der Waals surface area contributed by atoms with Crippen molar-refractivity contribution in [2.75, 3.05) is 0 Å². The summed E-state index contributed by atoms with van der Waals surface area (Å²) in [6.07, 6.45) is -1.96. The molecule has 1 aromatic rings. The topological polar surface area (TPSA) is 25.8 Å². The predicted molar refractivity (Wildman–Crippen MR) is 54.9 cm³/mol. The van der Waals surface area contributed by atoms with E-state index in [0.717, 1.165) is 5.56 Å². The zero-order chi connectivity index (χ0) is 12.6. The molecule has 0 aliphatic carbocycles. The zero-order valence-corrected chi connectivity index (χ0v) is 9.76. The lowest BCUT2D eigenvalue weighted by atomic mass is 9.79. The first kappa shape index (κ1) is 12.9. The molecular weight excluding hydrogens is 217 g/mol. The fourth-order valence-corrected chi connectivity index (χ4v) is 1.21. The van der Waals surface area contributed by atoms with Crippen LogP contribution in [0, 0.1) is 5.41 Å². The van der Waals surface area contributed by atoms with Crippen molar-refractivity contribution in [3.05, 3.63) is 23.8 Å². The summed E-state index contributed by atoms with van der Waals surface area (Å²) < 4.78 is 36.7. The van der Waals surface area contributed by atoms with Crippen molar-refractivity contribution in [1.82, 2.24) is 9.97 Å². The smallest absolute Gasteiger partial charge is 0.233 e. The van der Waals surface area contributed by atoms with Gasteiger partial charge in [0, 0.05) is 12.4 Å². The molecule has 1 heterocycles. The molecule has 0 saturated carbocycles. The van der Waals surface area contributed by atoms with Crippen LogP contribution in [0.3, 0.4) is 0 Å². The van der Waals surface area contributed by atoms with Crippen LogP contribution in [-0.4, -0.2) is 9.97 Å². The fraction of sp³-hybridized carbons (Fsp3) is 0.636. The second kappa shape index (κ2) is 4.03. The fourth-order valence-electron chi connectivity index (χ4n) is 1.21. The first-order valence-electron chi connectivity index (χ1n) is 5.01. The van der Waals surface area contributed by atoms with Gasteiger partial charge in [-0.05, 0) is 16.9 Å². The van der Waals surface area contributed by atoms with E-state index in [0.29, 0.717) is 0 Å². The van der Waals surface area contributed by atoms with Gasteiger partial charge in [-0.2, -0.15) is 13.2 Å². The van der Waals surface area contributed by atoms with Crippen LogP contribution in [0.25, 0.3) is 0 Å². The minimum absolute atomic E-state index is 0.0247. The maximum Gasteiger partial charge on any atom is 0.451 e. The molecule has 0 amide bonds. The molecule has 90 valence electrons. The third-order valence-corrected chi connectivity index (χ3v) is 2.72. The lowest BCUT2D eigenvalue weighted by molar-refractivity contribution is -0.145. The maximum absolute atomic E-state index is 12.2. The van der Waals surface area contributed by atoms with Gasteiger partial charge in [-0.1, -0.05) is 27.7 Å². The van der Waals surface area contributed by atoms with Crippen LogP contribution in [0.5, 0.6) is 0 Å². The molecule has 0 aliphatic rings. The van der Waals surface area contributed by atoms with Gasteiger partial charge in [0.25, 0.3) is 0 Å². The molecule has 0 radical (unpaired) electrons. The van der Waals surface area contributed by atoms with E-state index in [1.165, 1.54) is 12.4 Å². The van der Waals surface area contributed by atoms with E-state index in [9.17, 15) is 13.2 Å². The summed E-state index contributed by atoms with van der Waals surface area (Å²) in [6, 6.07) is 0. The molecule has 0 saturated heterocycles. The van der Waals surface area contributed by atoms with Crippen molar-refractivity contribution < 1.29 is 13.2 Å². The summed E-state index contributed by atoms with van der Waals surface area (Å²) >= 11 is 0. The van der Waals surface area contributed by atoms with E-state index < -0.39 is 12.0 Å². The van der Waals surface area contributed by atoms with Gasteiger partial charge in [0.05, 0.1) is 0 Å². The molecule has 5 heteroatoms. The number of rotatable bonds is 1. The summed E-state index contributed by atoms with van der Waals surface area (Å²) in [5.41, 5.74) is 0.698. The molecule has 0 spiro atoms. The molecule has 16 heavy (non-hydrogen) atoms. The van der Waals surface area contributed by atoms with Crippen molar-refractivity contribution in [2.24, 2.45) is 5.41 Å². The van der Waals surface area contributed by atoms with Gasteiger partial charge in [-0.25, -0.2) is 9.97 Å². The number of hydrogen-bond acceptors (Lipinski definition) is 2. The van der Waals surface area contributed by atoms with Crippen LogP contribution >= 0.6 is 0 Å². The van der Waals surface area contributed by atoms with Crippen LogP contribution in [0.4, 0.5) is 13.2 Å². The second-order valence-corrected chi connectivity index (χ2v) is 4.93. The predicted octanol–water partition coefficient (Wildman–Crippen LogP) is 3.65. The normalized spacial score (nSPS) is 14.9. The number of nitrogens with zero attached hydrogens (tertiary/aromatic N) is 2. The molecule has 1 aromatic heterocycles. The molecule has 0 aromatic carbocycles. The first-order chi connectivity index (χ1) is 7.12. The molecule has 1 rings (SSSR count). The average Bonchev–Trinajstić information content (AvgIpc) is 2.14. The largest absolute Gasteiger partial charge is 0.451 e. The van der Waals surface area contributed by atoms with Gasteiger partial charge in [0.1, 0.15) is 0 Å². The Bertz CT molecular complexity index is 349. The minimum atomic E-state index is -4.47. The lowest BCUT2D eigenvalue weighted by Crippen LogP contribution is -2.17. The van der Waals surface area contributed by atoms with Crippen molar-refractivity contribution >= 4 is 0 Å². The molecule has 0 bridgehead atoms. The number of aromatic nitrogens is 2. The summed E-state index contributed by atoms with van der Waals surface area (Å²) in [4.78, 5) is 6.70. The van der Waals surface area contributed by atoms with E-state index in [4.69, 9.17) is 0 Å². The average molecular weight is 232 g/mol. The highest BCUT2D eigenvalue weighted by molar-refractivity contribution is 5.14. The van der Waals surface area contributed by atoms with Crippen LogP contribution < -0.4 is 0 Å². The van der Waals surface area contributed by atoms with E-state index in [2.05, 4.69) is 9.97 Å². The number of halogens is 3. The molecule has 0 N–H and O–H groups in total. The molecule has 1 unspecified atom stereocenters. The van der Waals surface area contributed by atoms with Gasteiger partial charge >= 0.3 is 6.18 Å². The van der Waals surface area contributed by atoms with Gasteiger partial charge in [-0.3, -0.25) is 0 Å². The van der Waals surface area contributed by atoms with E-state index >= 15 is 0 Å². The third-order valence-electron chi connectivity index (χ3n) is 2.72. The van der Waals surface area contributed by atoms with Crippen LogP contribution in [0.2, 0.25) is 0 Å². The summed E-state index contributed by atoms with van der Waals surface area (Å²) in [5.74, 6) is -0.979. The Kier molecular flexibility index (Phi) is 3.26. The zero-order valence-electron chi connectivity index (χ0n) is 9.76. The maximum atomic E-state index is 12.2. The molecule has 1 atom stereocenters. The Morgan fingerprint density at radius 1 is 1.06 bits per heavy atom. The molecule has 0 fully saturated rings. The number of alkyl halides is 3. The standard InChI is InChI=1S/C11H15F3N2/c1-7(10(2,3)4)8-5-15-9(16-6-8)11(12,13)14/h5-7H,1-4H3. The van der Waals surface area contributed by atoms with Crippen LogP contribution in [-0.2, 0) is 6.18 Å². The third kappa shape index (κ3) is 2.93. The molecule has 2 nitrogen and oxygen atoms in total. The van der Waals surface area contributed by atoms with Crippen molar-refractivity contribution in [3.63, 3.8) is 0 Å². The van der Waals surface area contributed by atoms with Crippen molar-refractivity contribution in [3.8, 4) is 0 Å². The van der Waals surface area contributed by atoms with Crippen molar-refractivity contribution in [1.29, 1.82) is 0 Å². The van der Waals surface area contributed by atoms with E-state index in [-0.39, 0.29) is 11.3 Å². The van der Waals surface area contributed by atoms with E-state index in [1.807, 2.05) is 27.7 Å². The monoisotopic (exact) mass is 232 g/mol. The first-order valence-corrected chi connectivity index (χ1v) is 5.01. The van der Waals surface area contributed by atoms with Gasteiger partial charge < -0.3 is 0 Å². The Balaban J connectivity index is 2.96. The Hall–Kier alpha value is -1.13. The number of hydrogen-bond donors (Lipinski definition) is 0. The summed E-state index contributed by atoms with van der Waals surface area (Å²) in [5, 5.41) is 0. The Labute approximate surface area is 92.9 Å². The SMILES string of the molecule is CC(c1cnc(C(F)(F)F)nc1)C(C)(C)C. The molecule has 0 aliphatic heterocycles. The quantitative estimate of drug-likeness (QED) is 0.738. The highest BCUT2D eigenvalue weighted by atomic mass is 19.4. The second-order valence-electron chi connectivity index (χ2n) is 4.93. The lowest BCUT2D eigenvalue weighted by Gasteiger charge is -2.27. The van der Waals surface area contributed by atoms with E-state index in [1.54, 1.807) is 0 Å². The highest BCUT2D eigenvalue weighted by Crippen LogP contribution is 2.34. The Morgan fingerprint density at radius 2 is 1.50 bits per heavy atom. The van der Waals surface area contributed by atoms with Crippen molar-refractivity contribution in [2.45, 2.75) is 39.8 Å². The van der Waals surface area contributed by atoms with Gasteiger partial charge in [0.2, 0.25) is 5.82 Å². The highest BCUT2D eigenvalue weighted by Gasteiger charge is 2.34. The van der Waals surface area contributed by atoms with Crippen LogP contribution in [0.15, 0.2) is 12.4 Å². The summed E-state index contributed by atoms with van der Waals surface area (Å²) in [6.45, 7) is 8.02. The molecular formula is C11H15F3N2. The summed E-state index contributed by atoms with van der Waals surface area (Å²) in [7, 11) is 0. The van der Waals surface area contributed by atoms with Gasteiger partial charge in [0.15, 0.2) is 0 Å². The van der Waals surface area contributed by atoms with Crippen LogP contribution in [0.1, 0.15) is 45.0 Å². The Morgan fingerprint density at radius 3 is 1.81 bits per heavy atom.